The van der Waals surface area contributed by atoms with Gasteiger partial charge in [-0.2, -0.15) is 4.99 Å². The van der Waals surface area contributed by atoms with E-state index in [4.69, 9.17) is 4.52 Å². The average molecular weight is 320 g/mol. The van der Waals surface area contributed by atoms with Crippen LogP contribution >= 0.6 is 11.8 Å². The van der Waals surface area contributed by atoms with Crippen molar-refractivity contribution < 1.29 is 14.1 Å². The Hall–Kier alpha value is -1.96. The van der Waals surface area contributed by atoms with E-state index < -0.39 is 6.03 Å². The maximum absolute atomic E-state index is 11.9. The Morgan fingerprint density at radius 1 is 1.45 bits per heavy atom. The summed E-state index contributed by atoms with van der Waals surface area (Å²) in [4.78, 5) is 31.5. The van der Waals surface area contributed by atoms with Crippen LogP contribution in [0.5, 0.6) is 0 Å². The molecule has 0 bridgehead atoms. The zero-order valence-corrected chi connectivity index (χ0v) is 13.0. The molecular formula is C14H16N4O3S. The minimum Gasteiger partial charge on any atom is -0.360 e. The number of amides is 3. The first-order valence-corrected chi connectivity index (χ1v) is 8.16. The topological polar surface area (TPSA) is 96.9 Å². The molecule has 22 heavy (non-hydrogen) atoms. The van der Waals surface area contributed by atoms with Gasteiger partial charge in [0.25, 0.3) is 0 Å². The molecule has 3 rings (SSSR count). The van der Waals surface area contributed by atoms with Crippen molar-refractivity contribution in [2.75, 3.05) is 11.1 Å². The number of aliphatic imine (C=N–C) groups is 2. The molecule has 7 nitrogen and oxygen atoms in total. The number of fused-ring (bicyclic) bond motifs is 1. The zero-order valence-electron chi connectivity index (χ0n) is 12.2. The SMILES string of the molecule is Cc1cc(NC(=O)CSC2=NC(=O)N=C3CCCCC32)no1. The number of aryl methyl sites for hydroxylation is 1. The molecule has 0 spiro atoms. The highest BCUT2D eigenvalue weighted by atomic mass is 32.2. The average Bonchev–Trinajstić information content (AvgIpc) is 2.89. The van der Waals surface area contributed by atoms with Crippen LogP contribution < -0.4 is 5.32 Å². The predicted octanol–water partition coefficient (Wildman–Crippen LogP) is 2.82. The van der Waals surface area contributed by atoms with E-state index in [9.17, 15) is 9.59 Å². The highest BCUT2D eigenvalue weighted by Gasteiger charge is 2.30. The van der Waals surface area contributed by atoms with Crippen LogP contribution in [0.4, 0.5) is 10.6 Å². The lowest BCUT2D eigenvalue weighted by Gasteiger charge is -2.26. The van der Waals surface area contributed by atoms with Gasteiger partial charge in [-0.25, -0.2) is 9.79 Å². The number of urea groups is 1. The van der Waals surface area contributed by atoms with Crippen molar-refractivity contribution in [2.24, 2.45) is 15.9 Å². The lowest BCUT2D eigenvalue weighted by molar-refractivity contribution is -0.113. The fourth-order valence-electron chi connectivity index (χ4n) is 2.59. The maximum Gasteiger partial charge on any atom is 0.367 e. The van der Waals surface area contributed by atoms with E-state index in [2.05, 4.69) is 20.5 Å². The van der Waals surface area contributed by atoms with Gasteiger partial charge < -0.3 is 9.84 Å². The first kappa shape index (κ1) is 15.0. The van der Waals surface area contributed by atoms with Gasteiger partial charge >= 0.3 is 6.03 Å². The van der Waals surface area contributed by atoms with E-state index in [0.29, 0.717) is 16.6 Å². The minimum absolute atomic E-state index is 0.110. The summed E-state index contributed by atoms with van der Waals surface area (Å²) in [5, 5.41) is 7.07. The highest BCUT2D eigenvalue weighted by Crippen LogP contribution is 2.30. The molecule has 1 unspecified atom stereocenters. The van der Waals surface area contributed by atoms with Crippen molar-refractivity contribution in [3.8, 4) is 0 Å². The number of hydrogen-bond donors (Lipinski definition) is 1. The van der Waals surface area contributed by atoms with Gasteiger partial charge in [0.05, 0.1) is 10.8 Å². The van der Waals surface area contributed by atoms with E-state index in [0.717, 1.165) is 31.4 Å². The molecule has 0 radical (unpaired) electrons. The van der Waals surface area contributed by atoms with Crippen LogP contribution in [0.3, 0.4) is 0 Å². The fraction of sp³-hybridized carbons (Fsp3) is 0.500. The standard InChI is InChI=1S/C14H16N4O3S/c1-8-6-11(18-21-8)16-12(19)7-22-13-9-4-2-3-5-10(9)15-14(20)17-13/h6,9H,2-5,7H2,1H3,(H,16,18,19). The lowest BCUT2D eigenvalue weighted by Crippen LogP contribution is -2.31. The van der Waals surface area contributed by atoms with E-state index in [-0.39, 0.29) is 17.6 Å². The molecule has 1 fully saturated rings. The maximum atomic E-state index is 11.9. The number of hydrogen-bond acceptors (Lipinski definition) is 5. The molecule has 1 aromatic rings. The molecule has 3 amide bonds. The van der Waals surface area contributed by atoms with Gasteiger partial charge in [0.1, 0.15) is 5.76 Å². The Bertz CT molecular complexity index is 665. The molecule has 0 saturated heterocycles. The van der Waals surface area contributed by atoms with Gasteiger partial charge in [0.2, 0.25) is 5.91 Å². The van der Waals surface area contributed by atoms with Crippen molar-refractivity contribution >= 4 is 40.3 Å². The Labute approximate surface area is 131 Å². The molecule has 116 valence electrons. The highest BCUT2D eigenvalue weighted by molar-refractivity contribution is 8.14. The zero-order chi connectivity index (χ0) is 15.5. The Kier molecular flexibility index (Phi) is 4.37. The molecule has 0 aromatic carbocycles. The number of rotatable bonds is 3. The van der Waals surface area contributed by atoms with Crippen LogP contribution in [0.1, 0.15) is 31.4 Å². The number of aromatic nitrogens is 1. The van der Waals surface area contributed by atoms with Gasteiger partial charge in [-0.05, 0) is 26.2 Å². The summed E-state index contributed by atoms with van der Waals surface area (Å²) in [6.45, 7) is 1.75. The molecule has 1 aliphatic carbocycles. The smallest absolute Gasteiger partial charge is 0.360 e. The summed E-state index contributed by atoms with van der Waals surface area (Å²) in [6, 6.07) is 1.19. The third-order valence-corrected chi connectivity index (χ3v) is 4.65. The Morgan fingerprint density at radius 2 is 2.32 bits per heavy atom. The van der Waals surface area contributed by atoms with E-state index >= 15 is 0 Å². The quantitative estimate of drug-likeness (QED) is 0.923. The minimum atomic E-state index is -0.455. The summed E-state index contributed by atoms with van der Waals surface area (Å²) in [6.07, 6.45) is 3.96. The van der Waals surface area contributed by atoms with Crippen molar-refractivity contribution in [3.63, 3.8) is 0 Å². The van der Waals surface area contributed by atoms with Gasteiger partial charge in [-0.1, -0.05) is 23.3 Å². The van der Waals surface area contributed by atoms with E-state index in [1.54, 1.807) is 13.0 Å². The number of thioether (sulfide) groups is 1. The first-order valence-electron chi connectivity index (χ1n) is 7.18. The van der Waals surface area contributed by atoms with Gasteiger partial charge in [-0.15, -0.1) is 0 Å². The number of carbonyl (C=O) groups excluding carboxylic acids is 2. The van der Waals surface area contributed by atoms with Crippen LogP contribution in [0.2, 0.25) is 0 Å². The number of nitrogens with one attached hydrogen (secondary N) is 1. The van der Waals surface area contributed by atoms with Crippen LogP contribution in [0, 0.1) is 12.8 Å². The molecule has 1 N–H and O–H groups in total. The van der Waals surface area contributed by atoms with Crippen molar-refractivity contribution in [1.29, 1.82) is 0 Å². The van der Waals surface area contributed by atoms with E-state index in [1.165, 1.54) is 11.8 Å². The molecule has 1 aliphatic heterocycles. The predicted molar refractivity (Wildman–Crippen MR) is 84.6 cm³/mol. The summed E-state index contributed by atoms with van der Waals surface area (Å²) in [5.41, 5.74) is 0.918. The largest absolute Gasteiger partial charge is 0.367 e. The summed E-state index contributed by atoms with van der Waals surface area (Å²) in [5.74, 6) is 1.12. The third-order valence-electron chi connectivity index (χ3n) is 3.57. The first-order chi connectivity index (χ1) is 10.6. The van der Waals surface area contributed by atoms with Crippen LogP contribution in [0.25, 0.3) is 0 Å². The van der Waals surface area contributed by atoms with Crippen LogP contribution in [0.15, 0.2) is 20.6 Å². The van der Waals surface area contributed by atoms with Crippen molar-refractivity contribution in [1.82, 2.24) is 5.16 Å². The summed E-state index contributed by atoms with van der Waals surface area (Å²) in [7, 11) is 0. The van der Waals surface area contributed by atoms with Crippen molar-refractivity contribution in [2.45, 2.75) is 32.6 Å². The second kappa shape index (κ2) is 6.43. The van der Waals surface area contributed by atoms with Gasteiger partial charge in [0.15, 0.2) is 5.82 Å². The second-order valence-corrected chi connectivity index (χ2v) is 6.29. The lowest BCUT2D eigenvalue weighted by atomic mass is 9.87. The monoisotopic (exact) mass is 320 g/mol. The number of nitrogens with zero attached hydrogens (tertiary/aromatic N) is 3. The molecule has 2 aliphatic rings. The van der Waals surface area contributed by atoms with Gasteiger partial charge in [0, 0.05) is 17.7 Å². The molecule has 1 saturated carbocycles. The normalized spacial score (nSPS) is 21.0. The van der Waals surface area contributed by atoms with Crippen LogP contribution in [-0.2, 0) is 4.79 Å². The molecular weight excluding hydrogens is 304 g/mol. The fourth-order valence-corrected chi connectivity index (χ4v) is 3.54. The number of carbonyl (C=O) groups is 2. The van der Waals surface area contributed by atoms with E-state index in [1.807, 2.05) is 0 Å². The molecule has 8 heteroatoms. The second-order valence-electron chi connectivity index (χ2n) is 5.29. The Morgan fingerprint density at radius 3 is 3.09 bits per heavy atom. The van der Waals surface area contributed by atoms with Crippen molar-refractivity contribution in [3.05, 3.63) is 11.8 Å². The summed E-state index contributed by atoms with van der Waals surface area (Å²) >= 11 is 1.30. The number of anilines is 1. The molecule has 1 atom stereocenters. The Balaban J connectivity index is 1.58. The summed E-state index contributed by atoms with van der Waals surface area (Å²) < 4.78 is 4.89. The molecule has 1 aromatic heterocycles. The van der Waals surface area contributed by atoms with Gasteiger partial charge in [-0.3, -0.25) is 4.79 Å². The third kappa shape index (κ3) is 3.44. The molecule has 2 heterocycles. The van der Waals surface area contributed by atoms with Crippen LogP contribution in [-0.4, -0.2) is 33.6 Å².